The van der Waals surface area contributed by atoms with Crippen molar-refractivity contribution in [3.8, 4) is 11.5 Å². The maximum Gasteiger partial charge on any atom is 0.335 e. The molecular formula is C32H34N4O5. The van der Waals surface area contributed by atoms with E-state index in [2.05, 4.69) is 32.7 Å². The van der Waals surface area contributed by atoms with E-state index in [-0.39, 0.29) is 17.8 Å². The van der Waals surface area contributed by atoms with Gasteiger partial charge in [-0.05, 0) is 81.1 Å². The zero-order valence-corrected chi connectivity index (χ0v) is 23.2. The number of fused-ring (bicyclic) bond motifs is 2. The van der Waals surface area contributed by atoms with Gasteiger partial charge in [-0.1, -0.05) is 18.2 Å². The van der Waals surface area contributed by atoms with Crippen molar-refractivity contribution >= 4 is 17.0 Å². The van der Waals surface area contributed by atoms with E-state index < -0.39 is 5.97 Å². The zero-order valence-electron chi connectivity index (χ0n) is 23.2. The minimum atomic E-state index is -0.929. The Hall–Kier alpha value is -3.95. The number of aromatic carboxylic acids is 1. The van der Waals surface area contributed by atoms with Gasteiger partial charge >= 0.3 is 5.97 Å². The highest BCUT2D eigenvalue weighted by Crippen LogP contribution is 2.44. The van der Waals surface area contributed by atoms with Crippen molar-refractivity contribution < 1.29 is 24.1 Å². The van der Waals surface area contributed by atoms with Crippen LogP contribution >= 0.6 is 0 Å². The third-order valence-corrected chi connectivity index (χ3v) is 8.57. The van der Waals surface area contributed by atoms with E-state index in [0.717, 1.165) is 78.6 Å². The fourth-order valence-corrected chi connectivity index (χ4v) is 6.12. The number of para-hydroxylation sites is 1. The average Bonchev–Trinajstić information content (AvgIpc) is 3.31. The van der Waals surface area contributed by atoms with E-state index in [9.17, 15) is 9.90 Å². The first-order chi connectivity index (χ1) is 20.0. The van der Waals surface area contributed by atoms with Crippen LogP contribution < -0.4 is 9.47 Å². The van der Waals surface area contributed by atoms with Crippen molar-refractivity contribution in [3.05, 3.63) is 82.9 Å². The molecule has 0 aliphatic carbocycles. The molecule has 0 amide bonds. The van der Waals surface area contributed by atoms with Crippen molar-refractivity contribution in [2.45, 2.75) is 57.4 Å². The Kier molecular flexibility index (Phi) is 6.84. The molecule has 212 valence electrons. The predicted molar refractivity (Wildman–Crippen MR) is 153 cm³/mol. The number of imidazole rings is 1. The van der Waals surface area contributed by atoms with E-state index in [4.69, 9.17) is 19.2 Å². The second-order valence-corrected chi connectivity index (χ2v) is 11.3. The zero-order chi connectivity index (χ0) is 27.9. The first-order valence-corrected chi connectivity index (χ1v) is 14.4. The number of carboxylic acid groups (broad SMARTS) is 1. The maximum absolute atomic E-state index is 11.6. The fourth-order valence-electron chi connectivity index (χ4n) is 6.12. The molecule has 0 radical (unpaired) electrons. The van der Waals surface area contributed by atoms with Gasteiger partial charge in [0.05, 0.1) is 41.5 Å². The lowest BCUT2D eigenvalue weighted by atomic mass is 9.88. The Bertz CT molecular complexity index is 1570. The maximum atomic E-state index is 11.6. The van der Waals surface area contributed by atoms with E-state index in [1.54, 1.807) is 12.1 Å². The number of aryl methyl sites for hydroxylation is 1. The van der Waals surface area contributed by atoms with Gasteiger partial charge in [-0.3, -0.25) is 9.88 Å². The first kappa shape index (κ1) is 26.0. The third kappa shape index (κ3) is 5.15. The average molecular weight is 555 g/mol. The molecule has 5 heterocycles. The van der Waals surface area contributed by atoms with Gasteiger partial charge in [0.15, 0.2) is 17.6 Å². The molecule has 1 N–H and O–H groups in total. The normalized spacial score (nSPS) is 21.1. The topological polar surface area (TPSA) is 98.9 Å². The van der Waals surface area contributed by atoms with Gasteiger partial charge < -0.3 is 23.9 Å². The van der Waals surface area contributed by atoms with E-state index >= 15 is 0 Å². The van der Waals surface area contributed by atoms with Crippen LogP contribution in [0, 0.1) is 6.92 Å². The second kappa shape index (κ2) is 10.8. The molecule has 2 fully saturated rings. The number of aromatic nitrogens is 3. The predicted octanol–water partition coefficient (Wildman–Crippen LogP) is 5.12. The number of pyridine rings is 1. The summed E-state index contributed by atoms with van der Waals surface area (Å²) in [6, 6.07) is 15.5. The Labute approximate surface area is 238 Å². The minimum Gasteiger partial charge on any atom is -0.485 e. The van der Waals surface area contributed by atoms with Crippen LogP contribution in [0.5, 0.6) is 11.5 Å². The summed E-state index contributed by atoms with van der Waals surface area (Å²) >= 11 is 0. The molecule has 0 saturated carbocycles. The molecule has 7 rings (SSSR count). The number of carbonyl (C=O) groups is 1. The smallest absolute Gasteiger partial charge is 0.335 e. The largest absolute Gasteiger partial charge is 0.485 e. The Morgan fingerprint density at radius 1 is 1.10 bits per heavy atom. The Morgan fingerprint density at radius 2 is 1.95 bits per heavy atom. The van der Waals surface area contributed by atoms with Crippen molar-refractivity contribution in [2.75, 3.05) is 26.3 Å². The van der Waals surface area contributed by atoms with Crippen molar-refractivity contribution in [1.82, 2.24) is 19.4 Å². The Balaban J connectivity index is 1.07. The summed E-state index contributed by atoms with van der Waals surface area (Å²) in [5.41, 5.74) is 5.17. The van der Waals surface area contributed by atoms with Crippen LogP contribution in [0.3, 0.4) is 0 Å². The van der Waals surface area contributed by atoms with E-state index in [1.165, 1.54) is 5.56 Å². The summed E-state index contributed by atoms with van der Waals surface area (Å²) < 4.78 is 20.5. The lowest BCUT2D eigenvalue weighted by molar-refractivity contribution is -0.0592. The number of hydrogen-bond donors (Lipinski definition) is 1. The number of ether oxygens (including phenoxy) is 3. The number of rotatable bonds is 7. The summed E-state index contributed by atoms with van der Waals surface area (Å²) in [7, 11) is 0. The van der Waals surface area contributed by atoms with Crippen LogP contribution in [-0.2, 0) is 17.8 Å². The molecule has 0 spiro atoms. The molecule has 4 aromatic rings. The lowest BCUT2D eigenvalue weighted by Gasteiger charge is -2.35. The standard InChI is InChI=1S/C32H34N4O5/c1-20-5-7-26(33-16-20)29-19-40-28-4-2-3-24(31(28)41-29)21-9-12-35(13-10-21)18-30-34-25-8-6-22(32(37)38)15-27(25)36(30)17-23-11-14-39-23/h2-8,15-16,21,23,29H,9-14,17-19H2,1H3,(H,37,38). The van der Waals surface area contributed by atoms with Crippen LogP contribution in [0.25, 0.3) is 11.0 Å². The van der Waals surface area contributed by atoms with E-state index in [1.807, 2.05) is 31.3 Å². The fraction of sp³-hybridized carbons (Fsp3) is 0.406. The van der Waals surface area contributed by atoms with Crippen LogP contribution in [0.2, 0.25) is 0 Å². The molecule has 9 heteroatoms. The van der Waals surface area contributed by atoms with Gasteiger partial charge in [0.1, 0.15) is 12.4 Å². The second-order valence-electron chi connectivity index (χ2n) is 11.3. The summed E-state index contributed by atoms with van der Waals surface area (Å²) in [6.07, 6.45) is 4.81. The highest BCUT2D eigenvalue weighted by atomic mass is 16.6. The quantitative estimate of drug-likeness (QED) is 0.336. The molecular weight excluding hydrogens is 520 g/mol. The molecule has 2 aromatic heterocycles. The summed E-state index contributed by atoms with van der Waals surface area (Å²) in [5, 5.41) is 9.53. The lowest BCUT2D eigenvalue weighted by Crippen LogP contribution is -2.35. The SMILES string of the molecule is Cc1ccc(C2COc3cccc(C4CCN(Cc5nc6ccc(C(=O)O)cc6n5CC5CCO5)CC4)c3O2)nc1. The van der Waals surface area contributed by atoms with Crippen LogP contribution in [0.4, 0.5) is 0 Å². The van der Waals surface area contributed by atoms with Gasteiger partial charge in [0.25, 0.3) is 0 Å². The monoisotopic (exact) mass is 554 g/mol. The minimum absolute atomic E-state index is 0.149. The number of benzene rings is 2. The molecule has 3 aliphatic rings. The van der Waals surface area contributed by atoms with Gasteiger partial charge in [-0.15, -0.1) is 0 Å². The Morgan fingerprint density at radius 3 is 2.68 bits per heavy atom. The number of piperidine rings is 1. The van der Waals surface area contributed by atoms with Gasteiger partial charge in [-0.25, -0.2) is 9.78 Å². The highest BCUT2D eigenvalue weighted by molar-refractivity contribution is 5.92. The number of likely N-dealkylation sites (tertiary alicyclic amines) is 1. The van der Waals surface area contributed by atoms with Crippen LogP contribution in [-0.4, -0.2) is 62.9 Å². The summed E-state index contributed by atoms with van der Waals surface area (Å²) in [6.45, 7) is 6.53. The summed E-state index contributed by atoms with van der Waals surface area (Å²) in [5.74, 6) is 2.05. The third-order valence-electron chi connectivity index (χ3n) is 8.57. The summed E-state index contributed by atoms with van der Waals surface area (Å²) in [4.78, 5) is 23.6. The number of hydrogen-bond acceptors (Lipinski definition) is 7. The molecule has 2 unspecified atom stereocenters. The van der Waals surface area contributed by atoms with Gasteiger partial charge in [0.2, 0.25) is 0 Å². The molecule has 3 aliphatic heterocycles. The van der Waals surface area contributed by atoms with Crippen LogP contribution in [0.15, 0.2) is 54.7 Å². The molecule has 9 nitrogen and oxygen atoms in total. The van der Waals surface area contributed by atoms with Gasteiger partial charge in [0, 0.05) is 18.4 Å². The molecule has 2 saturated heterocycles. The number of nitrogens with zero attached hydrogens (tertiary/aromatic N) is 4. The molecule has 2 atom stereocenters. The van der Waals surface area contributed by atoms with Crippen molar-refractivity contribution in [2.24, 2.45) is 0 Å². The van der Waals surface area contributed by atoms with Crippen LogP contribution in [0.1, 0.15) is 64.3 Å². The number of carboxylic acids is 1. The van der Waals surface area contributed by atoms with Crippen molar-refractivity contribution in [3.63, 3.8) is 0 Å². The van der Waals surface area contributed by atoms with Gasteiger partial charge in [-0.2, -0.15) is 0 Å². The van der Waals surface area contributed by atoms with E-state index in [0.29, 0.717) is 25.6 Å². The highest BCUT2D eigenvalue weighted by Gasteiger charge is 2.31. The molecule has 2 aromatic carbocycles. The molecule has 0 bridgehead atoms. The van der Waals surface area contributed by atoms with Crippen molar-refractivity contribution in [1.29, 1.82) is 0 Å². The first-order valence-electron chi connectivity index (χ1n) is 14.4. The molecule has 41 heavy (non-hydrogen) atoms.